The summed E-state index contributed by atoms with van der Waals surface area (Å²) in [6.45, 7) is 0.553. The van der Waals surface area contributed by atoms with Crippen molar-refractivity contribution in [1.29, 1.82) is 0 Å². The summed E-state index contributed by atoms with van der Waals surface area (Å²) in [5.41, 5.74) is 2.53. The van der Waals surface area contributed by atoms with E-state index < -0.39 is 0 Å². The van der Waals surface area contributed by atoms with Gasteiger partial charge < -0.3 is 15.4 Å². The quantitative estimate of drug-likeness (QED) is 0.424. The molecule has 0 spiro atoms. The maximum atomic E-state index is 12.1. The highest BCUT2D eigenvalue weighted by molar-refractivity contribution is 8.01. The van der Waals surface area contributed by atoms with Crippen molar-refractivity contribution in [3.8, 4) is 5.75 Å². The second-order valence-electron chi connectivity index (χ2n) is 6.57. The number of ether oxygens (including phenoxy) is 1. The predicted octanol–water partition coefficient (Wildman–Crippen LogP) is 4.44. The zero-order valence-corrected chi connectivity index (χ0v) is 19.3. The van der Waals surface area contributed by atoms with Gasteiger partial charge in [-0.15, -0.1) is 11.3 Å². The molecule has 0 saturated carbocycles. The largest absolute Gasteiger partial charge is 0.497 e. The molecule has 3 aromatic rings. The van der Waals surface area contributed by atoms with Crippen molar-refractivity contribution in [1.82, 2.24) is 10.3 Å². The van der Waals surface area contributed by atoms with Crippen molar-refractivity contribution < 1.29 is 14.3 Å². The number of rotatable bonds is 10. The fourth-order valence-electron chi connectivity index (χ4n) is 2.66. The smallest absolute Gasteiger partial charge is 0.234 e. The third-order valence-corrected chi connectivity index (χ3v) is 6.54. The average Bonchev–Trinajstić information content (AvgIpc) is 3.21. The van der Waals surface area contributed by atoms with Crippen LogP contribution < -0.4 is 15.4 Å². The standard InChI is InChI=1S/C22H22ClN3O3S2/c1-29-19-8-6-17(7-9-19)25-21(28)14-31-22-26-18(13-30-22)12-20(27)24-11-10-15-2-4-16(23)5-3-15/h2-9,13H,10-12,14H2,1H3,(H,24,27)(H,25,28). The van der Waals surface area contributed by atoms with E-state index in [1.54, 1.807) is 31.4 Å². The third-order valence-electron chi connectivity index (χ3n) is 4.22. The number of nitrogens with zero attached hydrogens (tertiary/aromatic N) is 1. The van der Waals surface area contributed by atoms with Crippen LogP contribution in [0.3, 0.4) is 0 Å². The van der Waals surface area contributed by atoms with Gasteiger partial charge in [-0.3, -0.25) is 9.59 Å². The number of thiazole rings is 1. The topological polar surface area (TPSA) is 80.3 Å². The molecule has 2 N–H and O–H groups in total. The molecule has 0 aliphatic rings. The molecule has 6 nitrogen and oxygen atoms in total. The molecule has 162 valence electrons. The Labute approximate surface area is 194 Å². The van der Waals surface area contributed by atoms with Gasteiger partial charge in [-0.25, -0.2) is 4.98 Å². The highest BCUT2D eigenvalue weighted by Gasteiger charge is 2.10. The van der Waals surface area contributed by atoms with Crippen LogP contribution in [-0.2, 0) is 22.4 Å². The lowest BCUT2D eigenvalue weighted by molar-refractivity contribution is -0.120. The molecular weight excluding hydrogens is 454 g/mol. The van der Waals surface area contributed by atoms with Gasteiger partial charge in [-0.05, 0) is 48.4 Å². The van der Waals surface area contributed by atoms with E-state index in [1.807, 2.05) is 29.6 Å². The highest BCUT2D eigenvalue weighted by atomic mass is 35.5. The molecule has 0 fully saturated rings. The Morgan fingerprint density at radius 1 is 1.10 bits per heavy atom. The number of aromatic nitrogens is 1. The maximum absolute atomic E-state index is 12.1. The number of hydrogen-bond acceptors (Lipinski definition) is 6. The zero-order valence-electron chi connectivity index (χ0n) is 16.9. The number of carbonyl (C=O) groups is 2. The van der Waals surface area contributed by atoms with Gasteiger partial charge in [0.25, 0.3) is 0 Å². The lowest BCUT2D eigenvalue weighted by atomic mass is 10.1. The number of nitrogens with one attached hydrogen (secondary N) is 2. The normalized spacial score (nSPS) is 10.5. The first-order valence-corrected chi connectivity index (χ1v) is 11.8. The van der Waals surface area contributed by atoms with E-state index in [4.69, 9.17) is 16.3 Å². The first-order chi connectivity index (χ1) is 15.0. The Morgan fingerprint density at radius 3 is 2.55 bits per heavy atom. The number of carbonyl (C=O) groups excluding carboxylic acids is 2. The molecule has 2 aromatic carbocycles. The number of methoxy groups -OCH3 is 1. The van der Waals surface area contributed by atoms with Crippen LogP contribution in [0, 0.1) is 0 Å². The minimum Gasteiger partial charge on any atom is -0.497 e. The number of thioether (sulfide) groups is 1. The lowest BCUT2D eigenvalue weighted by Gasteiger charge is -2.05. The number of anilines is 1. The molecule has 0 aliphatic heterocycles. The molecule has 1 heterocycles. The Balaban J connectivity index is 1.37. The van der Waals surface area contributed by atoms with Crippen LogP contribution in [0.15, 0.2) is 58.3 Å². The highest BCUT2D eigenvalue weighted by Crippen LogP contribution is 2.23. The van der Waals surface area contributed by atoms with Crippen molar-refractivity contribution >= 4 is 52.2 Å². The van der Waals surface area contributed by atoms with E-state index in [-0.39, 0.29) is 24.0 Å². The number of halogens is 1. The third kappa shape index (κ3) is 7.90. The van der Waals surface area contributed by atoms with Crippen molar-refractivity contribution in [2.24, 2.45) is 0 Å². The van der Waals surface area contributed by atoms with Gasteiger partial charge in [0.15, 0.2) is 4.34 Å². The Morgan fingerprint density at radius 2 is 1.84 bits per heavy atom. The van der Waals surface area contributed by atoms with Crippen LogP contribution >= 0.6 is 34.7 Å². The SMILES string of the molecule is COc1ccc(NC(=O)CSc2nc(CC(=O)NCCc3ccc(Cl)cc3)cs2)cc1. The first kappa shape index (κ1) is 23.1. The van der Waals surface area contributed by atoms with Gasteiger partial charge in [-0.1, -0.05) is 35.5 Å². The molecule has 0 atom stereocenters. The van der Waals surface area contributed by atoms with Gasteiger partial charge in [0.2, 0.25) is 11.8 Å². The van der Waals surface area contributed by atoms with E-state index in [0.29, 0.717) is 22.9 Å². The van der Waals surface area contributed by atoms with Crippen LogP contribution in [-0.4, -0.2) is 36.2 Å². The summed E-state index contributed by atoms with van der Waals surface area (Å²) in [6.07, 6.45) is 0.958. The molecule has 0 radical (unpaired) electrons. The molecule has 0 aliphatic carbocycles. The number of hydrogen-bond donors (Lipinski definition) is 2. The second-order valence-corrected chi connectivity index (χ2v) is 9.09. The summed E-state index contributed by atoms with van der Waals surface area (Å²) in [4.78, 5) is 28.7. The van der Waals surface area contributed by atoms with Crippen molar-refractivity contribution in [2.75, 3.05) is 24.7 Å². The van der Waals surface area contributed by atoms with Gasteiger partial charge in [0, 0.05) is 22.6 Å². The Kier molecular flexibility index (Phi) is 8.75. The van der Waals surface area contributed by atoms with E-state index in [2.05, 4.69) is 15.6 Å². The zero-order chi connectivity index (χ0) is 22.1. The molecule has 0 saturated heterocycles. The molecular formula is C22H22ClN3O3S2. The van der Waals surface area contributed by atoms with Gasteiger partial charge in [0.05, 0.1) is 25.0 Å². The fraction of sp³-hybridized carbons (Fsp3) is 0.227. The average molecular weight is 476 g/mol. The summed E-state index contributed by atoms with van der Waals surface area (Å²) < 4.78 is 5.86. The number of amides is 2. The van der Waals surface area contributed by atoms with Crippen molar-refractivity contribution in [2.45, 2.75) is 17.2 Å². The molecule has 31 heavy (non-hydrogen) atoms. The molecule has 0 bridgehead atoms. The molecule has 0 unspecified atom stereocenters. The van der Waals surface area contributed by atoms with Gasteiger partial charge >= 0.3 is 0 Å². The minimum absolute atomic E-state index is 0.0759. The van der Waals surface area contributed by atoms with Crippen LogP contribution in [0.4, 0.5) is 5.69 Å². The van der Waals surface area contributed by atoms with Crippen molar-refractivity contribution in [3.63, 3.8) is 0 Å². The summed E-state index contributed by atoms with van der Waals surface area (Å²) in [6, 6.07) is 14.7. The molecule has 1 aromatic heterocycles. The van der Waals surface area contributed by atoms with E-state index >= 15 is 0 Å². The molecule has 2 amide bonds. The van der Waals surface area contributed by atoms with Crippen molar-refractivity contribution in [3.05, 3.63) is 70.2 Å². The maximum Gasteiger partial charge on any atom is 0.234 e. The van der Waals surface area contributed by atoms with Gasteiger partial charge in [0.1, 0.15) is 5.75 Å². The van der Waals surface area contributed by atoms with Crippen LogP contribution in [0.5, 0.6) is 5.75 Å². The fourth-order valence-corrected chi connectivity index (χ4v) is 4.43. The molecule has 3 rings (SSSR count). The monoisotopic (exact) mass is 475 g/mol. The summed E-state index contributed by atoms with van der Waals surface area (Å²) in [5.74, 6) is 0.781. The predicted molar refractivity (Wildman–Crippen MR) is 126 cm³/mol. The minimum atomic E-state index is -0.119. The Hall–Kier alpha value is -2.55. The summed E-state index contributed by atoms with van der Waals surface area (Å²) >= 11 is 8.65. The summed E-state index contributed by atoms with van der Waals surface area (Å²) in [7, 11) is 1.59. The van der Waals surface area contributed by atoms with Crippen LogP contribution in [0.25, 0.3) is 0 Å². The van der Waals surface area contributed by atoms with Crippen LogP contribution in [0.1, 0.15) is 11.3 Å². The molecule has 9 heteroatoms. The van der Waals surface area contributed by atoms with Gasteiger partial charge in [-0.2, -0.15) is 0 Å². The van der Waals surface area contributed by atoms with E-state index in [1.165, 1.54) is 23.1 Å². The Bertz CT molecular complexity index is 1010. The first-order valence-electron chi connectivity index (χ1n) is 9.54. The van der Waals surface area contributed by atoms with E-state index in [0.717, 1.165) is 22.1 Å². The second kappa shape index (κ2) is 11.7. The van der Waals surface area contributed by atoms with Crippen LogP contribution in [0.2, 0.25) is 5.02 Å². The summed E-state index contributed by atoms with van der Waals surface area (Å²) in [5, 5.41) is 8.28. The van der Waals surface area contributed by atoms with E-state index in [9.17, 15) is 9.59 Å². The number of benzene rings is 2. The lowest BCUT2D eigenvalue weighted by Crippen LogP contribution is -2.27.